The molecule has 0 radical (unpaired) electrons. The molecule has 1 saturated carbocycles. The zero-order valence-corrected chi connectivity index (χ0v) is 12.2. The summed E-state index contributed by atoms with van der Waals surface area (Å²) in [5.74, 6) is -2.15. The Labute approximate surface area is 119 Å². The van der Waals surface area contributed by atoms with Crippen molar-refractivity contribution in [2.45, 2.75) is 39.5 Å². The van der Waals surface area contributed by atoms with E-state index in [0.29, 0.717) is 25.9 Å². The minimum atomic E-state index is -0.901. The maximum Gasteiger partial charge on any atom is 0.307 e. The van der Waals surface area contributed by atoms with Gasteiger partial charge in [-0.2, -0.15) is 0 Å². The van der Waals surface area contributed by atoms with Crippen molar-refractivity contribution >= 4 is 17.8 Å². The fourth-order valence-electron chi connectivity index (χ4n) is 2.73. The van der Waals surface area contributed by atoms with Crippen LogP contribution in [-0.2, 0) is 14.4 Å². The Kier molecular flexibility index (Phi) is 6.48. The quantitative estimate of drug-likeness (QED) is 0.726. The fraction of sp³-hybridized carbons (Fsp3) is 0.786. The van der Waals surface area contributed by atoms with E-state index in [2.05, 4.69) is 5.32 Å². The molecule has 6 heteroatoms. The van der Waals surface area contributed by atoms with Crippen molar-refractivity contribution in [3.05, 3.63) is 0 Å². The molecular weight excluding hydrogens is 260 g/mol. The van der Waals surface area contributed by atoms with E-state index in [1.807, 2.05) is 13.8 Å². The van der Waals surface area contributed by atoms with Crippen LogP contribution in [0.4, 0.5) is 0 Å². The SMILES string of the molecule is CCN(CC)C(=O)CCNC(=O)[C@@H]1CCC[C@@H]1C(=O)O. The first kappa shape index (κ1) is 16.5. The number of carboxylic acid groups (broad SMARTS) is 1. The van der Waals surface area contributed by atoms with Gasteiger partial charge in [0.25, 0.3) is 0 Å². The molecular formula is C14H24N2O4. The second-order valence-electron chi connectivity index (χ2n) is 5.09. The second kappa shape index (κ2) is 7.87. The molecule has 1 aliphatic carbocycles. The van der Waals surface area contributed by atoms with E-state index >= 15 is 0 Å². The second-order valence-corrected chi connectivity index (χ2v) is 5.09. The summed E-state index contributed by atoms with van der Waals surface area (Å²) in [6, 6.07) is 0. The third-order valence-electron chi connectivity index (χ3n) is 3.92. The van der Waals surface area contributed by atoms with Crippen molar-refractivity contribution in [2.75, 3.05) is 19.6 Å². The van der Waals surface area contributed by atoms with Gasteiger partial charge in [0.2, 0.25) is 11.8 Å². The average Bonchev–Trinajstić information content (AvgIpc) is 2.89. The number of carboxylic acids is 1. The summed E-state index contributed by atoms with van der Waals surface area (Å²) in [5, 5.41) is 11.7. The van der Waals surface area contributed by atoms with Gasteiger partial charge in [0.15, 0.2) is 0 Å². The molecule has 0 heterocycles. The molecule has 2 N–H and O–H groups in total. The van der Waals surface area contributed by atoms with Gasteiger partial charge in [0, 0.05) is 26.1 Å². The maximum absolute atomic E-state index is 12.0. The van der Waals surface area contributed by atoms with Crippen molar-refractivity contribution in [2.24, 2.45) is 11.8 Å². The standard InChI is InChI=1S/C14H24N2O4/c1-3-16(4-2)12(17)8-9-15-13(18)10-6-5-7-11(10)14(19)20/h10-11H,3-9H2,1-2H3,(H,15,18)(H,19,20)/t10-,11+/m1/s1. The number of amides is 2. The number of carbonyl (C=O) groups is 3. The van der Waals surface area contributed by atoms with Gasteiger partial charge >= 0.3 is 5.97 Å². The number of hydrogen-bond acceptors (Lipinski definition) is 3. The van der Waals surface area contributed by atoms with Crippen molar-refractivity contribution < 1.29 is 19.5 Å². The molecule has 114 valence electrons. The third-order valence-corrected chi connectivity index (χ3v) is 3.92. The Morgan fingerprint density at radius 3 is 2.30 bits per heavy atom. The smallest absolute Gasteiger partial charge is 0.307 e. The highest BCUT2D eigenvalue weighted by molar-refractivity contribution is 5.85. The Balaban J connectivity index is 2.36. The first-order chi connectivity index (χ1) is 9.51. The van der Waals surface area contributed by atoms with Gasteiger partial charge in [0.05, 0.1) is 11.8 Å². The van der Waals surface area contributed by atoms with E-state index in [0.717, 1.165) is 6.42 Å². The normalized spacial score (nSPS) is 21.5. The largest absolute Gasteiger partial charge is 0.481 e. The third kappa shape index (κ3) is 4.21. The molecule has 2 atom stereocenters. The molecule has 1 fully saturated rings. The van der Waals surface area contributed by atoms with E-state index in [1.165, 1.54) is 0 Å². The number of carbonyl (C=O) groups excluding carboxylic acids is 2. The molecule has 0 aliphatic heterocycles. The van der Waals surface area contributed by atoms with Crippen LogP contribution in [-0.4, -0.2) is 47.4 Å². The summed E-state index contributed by atoms with van der Waals surface area (Å²) in [6.45, 7) is 5.42. The molecule has 6 nitrogen and oxygen atoms in total. The summed E-state index contributed by atoms with van der Waals surface area (Å²) < 4.78 is 0. The number of nitrogens with one attached hydrogen (secondary N) is 1. The lowest BCUT2D eigenvalue weighted by molar-refractivity contribution is -0.146. The van der Waals surface area contributed by atoms with Gasteiger partial charge in [-0.25, -0.2) is 0 Å². The van der Waals surface area contributed by atoms with Crippen molar-refractivity contribution in [3.8, 4) is 0 Å². The summed E-state index contributed by atoms with van der Waals surface area (Å²) in [6.07, 6.45) is 2.21. The maximum atomic E-state index is 12.0. The van der Waals surface area contributed by atoms with E-state index in [1.54, 1.807) is 4.90 Å². The molecule has 20 heavy (non-hydrogen) atoms. The lowest BCUT2D eigenvalue weighted by atomic mass is 9.95. The molecule has 2 amide bonds. The Hall–Kier alpha value is -1.59. The van der Waals surface area contributed by atoms with Crippen LogP contribution in [0.15, 0.2) is 0 Å². The topological polar surface area (TPSA) is 86.7 Å². The van der Waals surface area contributed by atoms with Gasteiger partial charge in [-0.05, 0) is 26.7 Å². The van der Waals surface area contributed by atoms with Crippen LogP contribution in [0.2, 0.25) is 0 Å². The summed E-state index contributed by atoms with van der Waals surface area (Å²) in [4.78, 5) is 36.4. The lowest BCUT2D eigenvalue weighted by Gasteiger charge is -2.19. The predicted molar refractivity (Wildman–Crippen MR) is 74.0 cm³/mol. The Morgan fingerprint density at radius 2 is 1.75 bits per heavy atom. The van der Waals surface area contributed by atoms with Crippen molar-refractivity contribution in [3.63, 3.8) is 0 Å². The monoisotopic (exact) mass is 284 g/mol. The van der Waals surface area contributed by atoms with Crippen LogP contribution in [0.25, 0.3) is 0 Å². The van der Waals surface area contributed by atoms with Crippen LogP contribution in [0.3, 0.4) is 0 Å². The first-order valence-corrected chi connectivity index (χ1v) is 7.29. The van der Waals surface area contributed by atoms with E-state index in [4.69, 9.17) is 5.11 Å². The van der Waals surface area contributed by atoms with Crippen LogP contribution in [0.1, 0.15) is 39.5 Å². The molecule has 0 aromatic rings. The fourth-order valence-corrected chi connectivity index (χ4v) is 2.73. The molecule has 0 aromatic carbocycles. The van der Waals surface area contributed by atoms with Crippen molar-refractivity contribution in [1.82, 2.24) is 10.2 Å². The average molecular weight is 284 g/mol. The van der Waals surface area contributed by atoms with Gasteiger partial charge in [-0.1, -0.05) is 6.42 Å². The van der Waals surface area contributed by atoms with Gasteiger partial charge in [0.1, 0.15) is 0 Å². The van der Waals surface area contributed by atoms with Gasteiger partial charge in [-0.15, -0.1) is 0 Å². The Morgan fingerprint density at radius 1 is 1.15 bits per heavy atom. The zero-order chi connectivity index (χ0) is 15.1. The first-order valence-electron chi connectivity index (χ1n) is 7.29. The number of nitrogens with zero attached hydrogens (tertiary/aromatic N) is 1. The molecule has 1 rings (SSSR count). The summed E-state index contributed by atoms with van der Waals surface area (Å²) >= 11 is 0. The highest BCUT2D eigenvalue weighted by atomic mass is 16.4. The highest BCUT2D eigenvalue weighted by Gasteiger charge is 2.37. The zero-order valence-electron chi connectivity index (χ0n) is 12.2. The van der Waals surface area contributed by atoms with E-state index in [9.17, 15) is 14.4 Å². The molecule has 0 spiro atoms. The predicted octanol–water partition coefficient (Wildman–Crippen LogP) is 0.862. The van der Waals surface area contributed by atoms with Crippen LogP contribution in [0.5, 0.6) is 0 Å². The minimum absolute atomic E-state index is 0.0107. The molecule has 1 aliphatic rings. The van der Waals surface area contributed by atoms with Crippen LogP contribution < -0.4 is 5.32 Å². The summed E-state index contributed by atoms with van der Waals surface area (Å²) in [5.41, 5.74) is 0. The van der Waals surface area contributed by atoms with Crippen LogP contribution >= 0.6 is 0 Å². The van der Waals surface area contributed by atoms with Crippen molar-refractivity contribution in [1.29, 1.82) is 0 Å². The molecule has 0 unspecified atom stereocenters. The molecule has 0 saturated heterocycles. The number of hydrogen-bond donors (Lipinski definition) is 2. The number of rotatable bonds is 7. The van der Waals surface area contributed by atoms with Gasteiger partial charge < -0.3 is 15.3 Å². The molecule has 0 aromatic heterocycles. The summed E-state index contributed by atoms with van der Waals surface area (Å²) in [7, 11) is 0. The molecule has 0 bridgehead atoms. The van der Waals surface area contributed by atoms with Gasteiger partial charge in [-0.3, -0.25) is 14.4 Å². The van der Waals surface area contributed by atoms with E-state index < -0.39 is 17.8 Å². The Bertz CT molecular complexity index is 366. The number of aliphatic carboxylic acids is 1. The minimum Gasteiger partial charge on any atom is -0.481 e. The highest BCUT2D eigenvalue weighted by Crippen LogP contribution is 2.31. The van der Waals surface area contributed by atoms with E-state index in [-0.39, 0.29) is 24.8 Å². The van der Waals surface area contributed by atoms with Crippen LogP contribution in [0, 0.1) is 11.8 Å². The lowest BCUT2D eigenvalue weighted by Crippen LogP contribution is -2.38.